The highest BCUT2D eigenvalue weighted by Gasteiger charge is 2.70. The van der Waals surface area contributed by atoms with Crippen LogP contribution < -0.4 is 5.73 Å². The summed E-state index contributed by atoms with van der Waals surface area (Å²) >= 11 is 5.82. The minimum absolute atomic E-state index is 0.0169. The number of hydrogen-bond acceptors (Lipinski definition) is 4. The topological polar surface area (TPSA) is 80.4 Å². The Labute approximate surface area is 145 Å². The first kappa shape index (κ1) is 17.4. The van der Waals surface area contributed by atoms with Crippen LogP contribution in [0.3, 0.4) is 0 Å². The Bertz CT molecular complexity index is 833. The molecule has 1 fully saturated rings. The largest absolute Gasteiger partial charge is 0.396 e. The second-order valence-electron chi connectivity index (χ2n) is 6.04. The fraction of sp³-hybridized carbons (Fsp3) is 0.294. The predicted octanol–water partition coefficient (Wildman–Crippen LogP) is 2.36. The molecule has 0 aliphatic heterocycles. The molecule has 1 aliphatic rings. The fourth-order valence-electron chi connectivity index (χ4n) is 3.39. The van der Waals surface area contributed by atoms with Crippen molar-refractivity contribution in [3.05, 3.63) is 64.9 Å². The molecule has 0 aromatic heterocycles. The molecule has 1 saturated carbocycles. The average Bonchev–Trinajstić information content (AvgIpc) is 3.26. The van der Waals surface area contributed by atoms with Gasteiger partial charge in [0.25, 0.3) is 0 Å². The van der Waals surface area contributed by atoms with Gasteiger partial charge >= 0.3 is 0 Å². The number of aliphatic hydroxyl groups excluding tert-OH is 1. The average molecular weight is 370 g/mol. The summed E-state index contributed by atoms with van der Waals surface area (Å²) in [5.74, 6) is -0.882. The van der Waals surface area contributed by atoms with E-state index in [0.29, 0.717) is 10.6 Å². The first-order chi connectivity index (χ1) is 11.4. The summed E-state index contributed by atoms with van der Waals surface area (Å²) < 4.78 is 39.2. The van der Waals surface area contributed by atoms with Crippen molar-refractivity contribution in [2.75, 3.05) is 13.2 Å². The number of nitrogens with two attached hydrogens (primary N) is 1. The van der Waals surface area contributed by atoms with Gasteiger partial charge in [0.15, 0.2) is 9.84 Å². The van der Waals surface area contributed by atoms with Crippen LogP contribution in [0.5, 0.6) is 0 Å². The van der Waals surface area contributed by atoms with Gasteiger partial charge in [-0.25, -0.2) is 12.8 Å². The Morgan fingerprint density at radius 3 is 2.21 bits per heavy atom. The van der Waals surface area contributed by atoms with Crippen LogP contribution in [0.25, 0.3) is 0 Å². The molecule has 24 heavy (non-hydrogen) atoms. The molecule has 3 N–H and O–H groups in total. The van der Waals surface area contributed by atoms with E-state index >= 15 is 0 Å². The molecular formula is C17H17ClFNO3S. The third-order valence-electron chi connectivity index (χ3n) is 4.76. The lowest BCUT2D eigenvalue weighted by Gasteiger charge is -2.12. The van der Waals surface area contributed by atoms with E-state index in [-0.39, 0.29) is 18.0 Å². The van der Waals surface area contributed by atoms with E-state index < -0.39 is 32.2 Å². The molecule has 2 aromatic rings. The van der Waals surface area contributed by atoms with Crippen LogP contribution in [-0.4, -0.2) is 31.9 Å². The molecule has 0 radical (unpaired) electrons. The zero-order valence-electron chi connectivity index (χ0n) is 12.7. The first-order valence-electron chi connectivity index (χ1n) is 7.42. The molecular weight excluding hydrogens is 353 g/mol. The van der Waals surface area contributed by atoms with Crippen molar-refractivity contribution in [2.45, 2.75) is 16.1 Å². The van der Waals surface area contributed by atoms with Gasteiger partial charge in [0.05, 0.1) is 16.8 Å². The predicted molar refractivity (Wildman–Crippen MR) is 90.1 cm³/mol. The highest BCUT2D eigenvalue weighted by Crippen LogP contribution is 2.63. The Balaban J connectivity index is 2.04. The molecule has 0 amide bonds. The molecule has 0 saturated heterocycles. The van der Waals surface area contributed by atoms with E-state index in [1.165, 1.54) is 48.5 Å². The molecule has 3 rings (SSSR count). The highest BCUT2D eigenvalue weighted by atomic mass is 35.5. The third kappa shape index (κ3) is 2.63. The first-order valence-corrected chi connectivity index (χ1v) is 9.35. The SMILES string of the molecule is NC[C@@]1(CO)[C@H](c2ccc(F)cc2)[C@@H]1S(=O)(=O)c1ccc(Cl)cc1. The lowest BCUT2D eigenvalue weighted by atomic mass is 10.0. The van der Waals surface area contributed by atoms with Crippen molar-refractivity contribution in [3.8, 4) is 0 Å². The Morgan fingerprint density at radius 1 is 1.12 bits per heavy atom. The van der Waals surface area contributed by atoms with Gasteiger partial charge in [-0.2, -0.15) is 0 Å². The highest BCUT2D eigenvalue weighted by molar-refractivity contribution is 7.92. The van der Waals surface area contributed by atoms with Crippen LogP contribution in [0, 0.1) is 11.2 Å². The summed E-state index contributed by atoms with van der Waals surface area (Å²) in [5, 5.41) is 9.41. The Morgan fingerprint density at radius 2 is 1.71 bits per heavy atom. The molecule has 0 heterocycles. The van der Waals surface area contributed by atoms with Crippen LogP contribution in [0.15, 0.2) is 53.4 Å². The van der Waals surface area contributed by atoms with Crippen molar-refractivity contribution >= 4 is 21.4 Å². The van der Waals surface area contributed by atoms with Crippen molar-refractivity contribution < 1.29 is 17.9 Å². The number of halogens is 2. The smallest absolute Gasteiger partial charge is 0.182 e. The minimum atomic E-state index is -3.71. The zero-order chi connectivity index (χ0) is 17.5. The lowest BCUT2D eigenvalue weighted by Crippen LogP contribution is -2.27. The number of benzene rings is 2. The molecule has 1 aliphatic carbocycles. The summed E-state index contributed by atoms with van der Waals surface area (Å²) in [6, 6.07) is 11.5. The molecule has 0 spiro atoms. The molecule has 7 heteroatoms. The molecule has 0 unspecified atom stereocenters. The zero-order valence-corrected chi connectivity index (χ0v) is 14.3. The molecule has 2 aromatic carbocycles. The van der Waals surface area contributed by atoms with E-state index in [1.54, 1.807) is 0 Å². The van der Waals surface area contributed by atoms with E-state index in [2.05, 4.69) is 0 Å². The standard InChI is InChI=1S/C17H17ClFNO3S/c18-12-3-7-14(8-4-12)24(22,23)16-15(17(16,9-20)10-21)11-1-5-13(19)6-2-11/h1-8,15-16,21H,9-10,20H2/t15-,16+,17-/m1/s1. The molecule has 3 atom stereocenters. The maximum atomic E-state index is 13.2. The van der Waals surface area contributed by atoms with Crippen molar-refractivity contribution in [3.63, 3.8) is 0 Å². The number of rotatable bonds is 5. The van der Waals surface area contributed by atoms with Crippen LogP contribution in [0.2, 0.25) is 5.02 Å². The summed E-state index contributed by atoms with van der Waals surface area (Å²) in [4.78, 5) is 0.132. The minimum Gasteiger partial charge on any atom is -0.396 e. The van der Waals surface area contributed by atoms with Crippen molar-refractivity contribution in [1.82, 2.24) is 0 Å². The van der Waals surface area contributed by atoms with Gasteiger partial charge in [-0.1, -0.05) is 23.7 Å². The second kappa shape index (κ2) is 6.11. The molecule has 0 bridgehead atoms. The van der Waals surface area contributed by atoms with Gasteiger partial charge in [-0.3, -0.25) is 0 Å². The number of aliphatic hydroxyl groups is 1. The van der Waals surface area contributed by atoms with Gasteiger partial charge in [0.1, 0.15) is 5.82 Å². The van der Waals surface area contributed by atoms with Gasteiger partial charge in [-0.05, 0) is 42.0 Å². The summed E-state index contributed by atoms with van der Waals surface area (Å²) in [5.41, 5.74) is 5.50. The molecule has 4 nitrogen and oxygen atoms in total. The third-order valence-corrected chi connectivity index (χ3v) is 7.35. The van der Waals surface area contributed by atoms with Crippen LogP contribution in [0.1, 0.15) is 11.5 Å². The second-order valence-corrected chi connectivity index (χ2v) is 8.55. The normalized spacial score (nSPS) is 26.3. The van der Waals surface area contributed by atoms with E-state index in [0.717, 1.165) is 0 Å². The Hall–Kier alpha value is -1.47. The summed E-state index contributed by atoms with van der Waals surface area (Å²) in [7, 11) is -3.71. The van der Waals surface area contributed by atoms with Crippen molar-refractivity contribution in [1.29, 1.82) is 0 Å². The quantitative estimate of drug-likeness (QED) is 0.847. The monoisotopic (exact) mass is 369 g/mol. The van der Waals surface area contributed by atoms with Crippen LogP contribution >= 0.6 is 11.6 Å². The summed E-state index contributed by atoms with van der Waals surface area (Å²) in [6.07, 6.45) is 0. The van der Waals surface area contributed by atoms with Crippen LogP contribution in [0.4, 0.5) is 4.39 Å². The number of hydrogen-bond donors (Lipinski definition) is 2. The Kier molecular flexibility index (Phi) is 4.42. The lowest BCUT2D eigenvalue weighted by molar-refractivity contribution is 0.212. The fourth-order valence-corrected chi connectivity index (χ4v) is 5.96. The summed E-state index contributed by atoms with van der Waals surface area (Å²) in [6.45, 7) is -0.341. The number of sulfone groups is 1. The maximum absolute atomic E-state index is 13.2. The van der Waals surface area contributed by atoms with E-state index in [4.69, 9.17) is 17.3 Å². The molecule has 128 valence electrons. The van der Waals surface area contributed by atoms with Crippen LogP contribution in [-0.2, 0) is 9.84 Å². The maximum Gasteiger partial charge on any atom is 0.182 e. The van der Waals surface area contributed by atoms with E-state index in [1.807, 2.05) is 0 Å². The van der Waals surface area contributed by atoms with Gasteiger partial charge < -0.3 is 10.8 Å². The van der Waals surface area contributed by atoms with Gasteiger partial charge in [0.2, 0.25) is 0 Å². The van der Waals surface area contributed by atoms with Crippen molar-refractivity contribution in [2.24, 2.45) is 11.1 Å². The van der Waals surface area contributed by atoms with Gasteiger partial charge in [-0.15, -0.1) is 0 Å². The van der Waals surface area contributed by atoms with E-state index in [9.17, 15) is 17.9 Å². The van der Waals surface area contributed by atoms with Gasteiger partial charge in [0, 0.05) is 22.9 Å².